The van der Waals surface area contributed by atoms with Crippen LogP contribution in [0.3, 0.4) is 0 Å². The fraction of sp³-hybridized carbons (Fsp3) is 0. The minimum Gasteiger partial charge on any atom is -0.231 e. The van der Waals surface area contributed by atoms with Gasteiger partial charge in [-0.15, -0.1) is 0 Å². The monoisotopic (exact) mass is 778 g/mol. The van der Waals surface area contributed by atoms with Crippen LogP contribution < -0.4 is 0 Å². The highest BCUT2D eigenvalue weighted by Crippen LogP contribution is 2.46. The summed E-state index contributed by atoms with van der Waals surface area (Å²) in [5.74, 6) is 0.683. The smallest absolute Gasteiger partial charge is 0.160 e. The summed E-state index contributed by atoms with van der Waals surface area (Å²) >= 11 is 0. The van der Waals surface area contributed by atoms with Crippen LogP contribution in [0.5, 0.6) is 0 Å². The third-order valence-corrected chi connectivity index (χ3v) is 11.4. The van der Waals surface area contributed by atoms with Gasteiger partial charge in [-0.1, -0.05) is 212 Å². The summed E-state index contributed by atoms with van der Waals surface area (Å²) in [4.78, 5) is 10.3. The van der Waals surface area contributed by atoms with Gasteiger partial charge in [-0.05, 0) is 45.8 Å². The Hall–Kier alpha value is -8.21. The largest absolute Gasteiger partial charge is 0.231 e. The Morgan fingerprint density at radius 3 is 1.30 bits per heavy atom. The quantitative estimate of drug-likeness (QED) is 0.154. The molecule has 11 rings (SSSR count). The predicted octanol–water partition coefficient (Wildman–Crippen LogP) is 14.6. The van der Waals surface area contributed by atoms with E-state index in [0.717, 1.165) is 100 Å². The zero-order valence-corrected chi connectivity index (χ0v) is 33.2. The fourth-order valence-corrected chi connectivity index (χ4v) is 8.58. The van der Waals surface area contributed by atoms with E-state index in [0.29, 0.717) is 5.82 Å². The zero-order valence-electron chi connectivity index (χ0n) is 33.2. The molecule has 0 aliphatic rings. The van der Waals surface area contributed by atoms with Gasteiger partial charge >= 0.3 is 0 Å². The molecule has 3 heterocycles. The standard InChI is InChI=1S/C57H38N4/c1-6-20-39(21-7-1)50-38-51(40-22-8-2-9-23-40)59-57(58-50)47-33-19-31-45(37-47)44-30-18-32-46(36-44)52-48-34-16-17-35-49(48)56-53(41-24-10-3-11-25-41)54(42-26-12-4-13-27-42)60-61(56)55(52)43-28-14-5-15-29-43/h1-38H. The van der Waals surface area contributed by atoms with Gasteiger partial charge in [0.25, 0.3) is 0 Å². The first-order valence-corrected chi connectivity index (χ1v) is 20.6. The van der Waals surface area contributed by atoms with Gasteiger partial charge in [0.1, 0.15) is 5.69 Å². The van der Waals surface area contributed by atoms with Crippen molar-refractivity contribution in [3.8, 4) is 89.8 Å². The highest BCUT2D eigenvalue weighted by atomic mass is 15.2. The summed E-state index contributed by atoms with van der Waals surface area (Å²) in [6, 6.07) is 80.9. The summed E-state index contributed by atoms with van der Waals surface area (Å²) < 4.78 is 2.20. The highest BCUT2D eigenvalue weighted by Gasteiger charge is 2.25. The highest BCUT2D eigenvalue weighted by molar-refractivity contribution is 6.15. The predicted molar refractivity (Wildman–Crippen MR) is 252 cm³/mol. The van der Waals surface area contributed by atoms with E-state index in [2.05, 4.69) is 199 Å². The van der Waals surface area contributed by atoms with E-state index in [4.69, 9.17) is 15.1 Å². The molecule has 0 saturated carbocycles. The van der Waals surface area contributed by atoms with Crippen molar-refractivity contribution in [1.29, 1.82) is 0 Å². The van der Waals surface area contributed by atoms with E-state index in [1.54, 1.807) is 0 Å². The summed E-state index contributed by atoms with van der Waals surface area (Å²) in [6.45, 7) is 0. The van der Waals surface area contributed by atoms with Gasteiger partial charge in [0.05, 0.1) is 22.6 Å². The van der Waals surface area contributed by atoms with Gasteiger partial charge in [0, 0.05) is 44.3 Å². The molecule has 0 aliphatic carbocycles. The van der Waals surface area contributed by atoms with Crippen LogP contribution >= 0.6 is 0 Å². The Kier molecular flexibility index (Phi) is 9.14. The van der Waals surface area contributed by atoms with Crippen LogP contribution in [0.25, 0.3) is 106 Å². The molecule has 4 nitrogen and oxygen atoms in total. The summed E-state index contributed by atoms with van der Waals surface area (Å²) in [7, 11) is 0. The maximum Gasteiger partial charge on any atom is 0.160 e. The van der Waals surface area contributed by atoms with E-state index in [1.807, 2.05) is 36.4 Å². The third-order valence-electron chi connectivity index (χ3n) is 11.4. The van der Waals surface area contributed by atoms with Gasteiger partial charge in [-0.3, -0.25) is 0 Å². The SMILES string of the molecule is c1ccc(-c2cc(-c3ccccc3)nc(-c3cccc(-c4cccc(-c5c(-c6ccccc6)n6nc(-c7ccccc7)c(-c7ccccc7)c6c6ccccc56)c4)c3)n2)cc1. The van der Waals surface area contributed by atoms with Crippen LogP contribution in [0.15, 0.2) is 231 Å². The van der Waals surface area contributed by atoms with Gasteiger partial charge in [-0.2, -0.15) is 5.10 Å². The Morgan fingerprint density at radius 2 is 0.721 bits per heavy atom. The lowest BCUT2D eigenvalue weighted by molar-refractivity contribution is 0.981. The van der Waals surface area contributed by atoms with Gasteiger partial charge in [0.2, 0.25) is 0 Å². The number of hydrogen-bond donors (Lipinski definition) is 0. The first kappa shape index (κ1) is 35.9. The molecular weight excluding hydrogens is 741 g/mol. The van der Waals surface area contributed by atoms with Crippen molar-refractivity contribution in [1.82, 2.24) is 19.6 Å². The van der Waals surface area contributed by atoms with Crippen molar-refractivity contribution in [2.24, 2.45) is 0 Å². The van der Waals surface area contributed by atoms with E-state index in [-0.39, 0.29) is 0 Å². The summed E-state index contributed by atoms with van der Waals surface area (Å²) in [6.07, 6.45) is 0. The van der Waals surface area contributed by atoms with E-state index in [9.17, 15) is 0 Å². The van der Waals surface area contributed by atoms with Crippen molar-refractivity contribution >= 4 is 16.3 Å². The third kappa shape index (κ3) is 6.67. The average Bonchev–Trinajstić information content (AvgIpc) is 3.76. The first-order valence-electron chi connectivity index (χ1n) is 20.6. The number of aromatic nitrogens is 4. The number of hydrogen-bond acceptors (Lipinski definition) is 3. The molecule has 11 aromatic rings. The van der Waals surface area contributed by atoms with E-state index in [1.165, 1.54) is 0 Å². The van der Waals surface area contributed by atoms with Crippen molar-refractivity contribution in [3.63, 3.8) is 0 Å². The molecule has 3 aromatic heterocycles. The lowest BCUT2D eigenvalue weighted by atomic mass is 9.90. The second-order valence-corrected chi connectivity index (χ2v) is 15.2. The molecular formula is C57H38N4. The normalized spacial score (nSPS) is 11.3. The van der Waals surface area contributed by atoms with E-state index >= 15 is 0 Å². The van der Waals surface area contributed by atoms with Crippen LogP contribution in [0.4, 0.5) is 0 Å². The second-order valence-electron chi connectivity index (χ2n) is 15.2. The molecule has 4 heteroatoms. The second kappa shape index (κ2) is 15.5. The zero-order chi connectivity index (χ0) is 40.5. The molecule has 0 N–H and O–H groups in total. The molecule has 0 radical (unpaired) electrons. The Bertz CT molecular complexity index is 3270. The lowest BCUT2D eigenvalue weighted by Crippen LogP contribution is -2.00. The van der Waals surface area contributed by atoms with Crippen LogP contribution in [0.2, 0.25) is 0 Å². The van der Waals surface area contributed by atoms with Crippen LogP contribution in [0, 0.1) is 0 Å². The fourth-order valence-electron chi connectivity index (χ4n) is 8.58. The van der Waals surface area contributed by atoms with Crippen LogP contribution in [-0.2, 0) is 0 Å². The minimum atomic E-state index is 0.683. The van der Waals surface area contributed by atoms with Gasteiger partial charge < -0.3 is 0 Å². The number of benzene rings is 8. The van der Waals surface area contributed by atoms with Crippen molar-refractivity contribution < 1.29 is 0 Å². The molecule has 0 aliphatic heterocycles. The maximum absolute atomic E-state index is 5.56. The molecule has 0 spiro atoms. The number of rotatable bonds is 8. The van der Waals surface area contributed by atoms with Gasteiger partial charge in [0.15, 0.2) is 5.82 Å². The Labute approximate surface area is 354 Å². The molecule has 0 bridgehead atoms. The topological polar surface area (TPSA) is 43.1 Å². The Balaban J connectivity index is 1.12. The van der Waals surface area contributed by atoms with Gasteiger partial charge in [-0.25, -0.2) is 14.5 Å². The van der Waals surface area contributed by atoms with Crippen molar-refractivity contribution in [2.75, 3.05) is 0 Å². The molecule has 61 heavy (non-hydrogen) atoms. The van der Waals surface area contributed by atoms with Crippen molar-refractivity contribution in [2.45, 2.75) is 0 Å². The molecule has 0 saturated heterocycles. The molecule has 0 amide bonds. The number of nitrogens with zero attached hydrogens (tertiary/aromatic N) is 4. The van der Waals surface area contributed by atoms with Crippen LogP contribution in [0.1, 0.15) is 0 Å². The van der Waals surface area contributed by atoms with E-state index < -0.39 is 0 Å². The molecule has 0 atom stereocenters. The average molecular weight is 779 g/mol. The molecule has 0 fully saturated rings. The number of fused-ring (bicyclic) bond motifs is 3. The van der Waals surface area contributed by atoms with Crippen LogP contribution in [-0.4, -0.2) is 19.6 Å². The van der Waals surface area contributed by atoms with Crippen molar-refractivity contribution in [3.05, 3.63) is 231 Å². The maximum atomic E-state index is 5.56. The summed E-state index contributed by atoms with van der Waals surface area (Å²) in [5, 5.41) is 7.86. The Morgan fingerprint density at radius 1 is 0.295 bits per heavy atom. The first-order chi connectivity index (χ1) is 30.3. The number of pyridine rings is 1. The minimum absolute atomic E-state index is 0.683. The molecule has 286 valence electrons. The molecule has 8 aromatic carbocycles. The lowest BCUT2D eigenvalue weighted by Gasteiger charge is -2.18. The molecule has 0 unspecified atom stereocenters. The summed E-state index contributed by atoms with van der Waals surface area (Å²) in [5.41, 5.74) is 16.7.